The summed E-state index contributed by atoms with van der Waals surface area (Å²) in [6, 6.07) is 16.7. The lowest BCUT2D eigenvalue weighted by Gasteiger charge is -2.26. The van der Waals surface area contributed by atoms with E-state index in [4.69, 9.17) is 15.0 Å². The number of benzene rings is 1. The van der Waals surface area contributed by atoms with Gasteiger partial charge in [-0.05, 0) is 41.8 Å². The van der Waals surface area contributed by atoms with E-state index in [-0.39, 0.29) is 11.1 Å². The summed E-state index contributed by atoms with van der Waals surface area (Å²) in [4.78, 5) is 8.83. The van der Waals surface area contributed by atoms with E-state index in [1.807, 2.05) is 23.5 Å². The molecule has 1 aromatic carbocycles. The Labute approximate surface area is 192 Å². The molecule has 3 heterocycles. The molecular weight excluding hydrogens is 420 g/mol. The van der Waals surface area contributed by atoms with Crippen molar-refractivity contribution >= 4 is 23.6 Å². The smallest absolute Gasteiger partial charge is 0.164 e. The standard InChI is InChI=1S/C24H22N6OS/c1-24(2,3)15-30-22-8-7-21(28-23(22)29(4)32-30)20-12-18(6-5-16(20)13-25)31-19-9-10-27-17(11-19)14-26/h5-12H,15H2,1-4H3. The zero-order valence-corrected chi connectivity index (χ0v) is 19.1. The van der Waals surface area contributed by atoms with Gasteiger partial charge in [0.2, 0.25) is 0 Å². The third kappa shape index (κ3) is 4.46. The quantitative estimate of drug-likeness (QED) is 0.486. The molecule has 0 saturated heterocycles. The number of rotatable bonds is 4. The van der Waals surface area contributed by atoms with Gasteiger partial charge in [-0.1, -0.05) is 20.8 Å². The van der Waals surface area contributed by atoms with Crippen LogP contribution in [0.5, 0.6) is 11.5 Å². The molecule has 0 unspecified atom stereocenters. The summed E-state index contributed by atoms with van der Waals surface area (Å²) >= 11 is 1.63. The highest BCUT2D eigenvalue weighted by molar-refractivity contribution is 8.02. The van der Waals surface area contributed by atoms with Crippen molar-refractivity contribution in [2.75, 3.05) is 22.2 Å². The van der Waals surface area contributed by atoms with E-state index in [0.29, 0.717) is 28.3 Å². The van der Waals surface area contributed by atoms with Crippen LogP contribution >= 0.6 is 12.1 Å². The first-order valence-corrected chi connectivity index (χ1v) is 10.8. The third-order valence-electron chi connectivity index (χ3n) is 4.73. The summed E-state index contributed by atoms with van der Waals surface area (Å²) in [5.41, 5.74) is 3.38. The van der Waals surface area contributed by atoms with Gasteiger partial charge in [-0.15, -0.1) is 0 Å². The van der Waals surface area contributed by atoms with Gasteiger partial charge in [0, 0.05) is 31.4 Å². The molecule has 0 bridgehead atoms. The van der Waals surface area contributed by atoms with Crippen LogP contribution in [-0.4, -0.2) is 23.6 Å². The minimum Gasteiger partial charge on any atom is -0.457 e. The highest BCUT2D eigenvalue weighted by Crippen LogP contribution is 2.45. The summed E-state index contributed by atoms with van der Waals surface area (Å²) in [5, 5.41) is 18.7. The van der Waals surface area contributed by atoms with Crippen molar-refractivity contribution in [1.29, 1.82) is 10.5 Å². The Morgan fingerprint density at radius 3 is 2.53 bits per heavy atom. The van der Waals surface area contributed by atoms with E-state index >= 15 is 0 Å². The molecule has 0 fully saturated rings. The van der Waals surface area contributed by atoms with Crippen LogP contribution in [0, 0.1) is 28.1 Å². The molecule has 32 heavy (non-hydrogen) atoms. The average Bonchev–Trinajstić information content (AvgIpc) is 3.07. The van der Waals surface area contributed by atoms with Crippen molar-refractivity contribution in [1.82, 2.24) is 9.97 Å². The average molecular weight is 443 g/mol. The van der Waals surface area contributed by atoms with Crippen LogP contribution in [0.4, 0.5) is 11.5 Å². The first-order valence-electron chi connectivity index (χ1n) is 10.1. The van der Waals surface area contributed by atoms with Gasteiger partial charge < -0.3 is 4.74 Å². The predicted molar refractivity (Wildman–Crippen MR) is 126 cm³/mol. The molecule has 7 nitrogen and oxygen atoms in total. The number of hydrogen-bond acceptors (Lipinski definition) is 8. The second-order valence-corrected chi connectivity index (χ2v) is 9.78. The summed E-state index contributed by atoms with van der Waals surface area (Å²) in [6.07, 6.45) is 1.53. The topological polar surface area (TPSA) is 89.1 Å². The maximum Gasteiger partial charge on any atom is 0.164 e. The highest BCUT2D eigenvalue weighted by Gasteiger charge is 2.30. The van der Waals surface area contributed by atoms with Crippen LogP contribution in [0.15, 0.2) is 48.7 Å². The normalized spacial score (nSPS) is 12.8. The van der Waals surface area contributed by atoms with Crippen molar-refractivity contribution in [3.05, 3.63) is 59.9 Å². The first kappa shape index (κ1) is 21.5. The Bertz CT molecular complexity index is 1250. The van der Waals surface area contributed by atoms with Gasteiger partial charge in [0.1, 0.15) is 23.3 Å². The van der Waals surface area contributed by atoms with Crippen LogP contribution in [0.1, 0.15) is 32.0 Å². The lowest BCUT2D eigenvalue weighted by molar-refractivity contribution is 0.432. The largest absolute Gasteiger partial charge is 0.457 e. The van der Waals surface area contributed by atoms with Crippen molar-refractivity contribution in [2.24, 2.45) is 5.41 Å². The fraction of sp³-hybridized carbons (Fsp3) is 0.250. The number of pyridine rings is 2. The van der Waals surface area contributed by atoms with E-state index in [2.05, 4.69) is 42.2 Å². The highest BCUT2D eigenvalue weighted by atomic mass is 32.2. The van der Waals surface area contributed by atoms with Gasteiger partial charge in [-0.25, -0.2) is 9.97 Å². The molecule has 0 saturated carbocycles. The Hall–Kier alpha value is -3.75. The van der Waals surface area contributed by atoms with Gasteiger partial charge >= 0.3 is 0 Å². The zero-order valence-electron chi connectivity index (χ0n) is 18.3. The molecule has 1 aliphatic heterocycles. The van der Waals surface area contributed by atoms with Crippen molar-refractivity contribution < 1.29 is 4.74 Å². The fourth-order valence-electron chi connectivity index (χ4n) is 3.36. The Balaban J connectivity index is 1.69. The number of ether oxygens (including phenoxy) is 1. The van der Waals surface area contributed by atoms with E-state index < -0.39 is 0 Å². The Kier molecular flexibility index (Phi) is 5.65. The third-order valence-corrected chi connectivity index (χ3v) is 5.67. The molecule has 0 N–H and O–H groups in total. The van der Waals surface area contributed by atoms with Crippen molar-refractivity contribution in [2.45, 2.75) is 20.8 Å². The number of fused-ring (bicyclic) bond motifs is 1. The second kappa shape index (κ2) is 8.41. The van der Waals surface area contributed by atoms with E-state index in [9.17, 15) is 5.26 Å². The zero-order chi connectivity index (χ0) is 22.9. The minimum absolute atomic E-state index is 0.145. The predicted octanol–water partition coefficient (Wildman–Crippen LogP) is 5.54. The van der Waals surface area contributed by atoms with Gasteiger partial charge in [0.25, 0.3) is 0 Å². The lowest BCUT2D eigenvalue weighted by Crippen LogP contribution is -2.26. The van der Waals surface area contributed by atoms with Crippen LogP contribution in [-0.2, 0) is 0 Å². The SMILES string of the molecule is CN1SN(CC(C)(C)C)c2ccc(-c3cc(Oc4ccnc(C#N)c4)ccc3C#N)nc21. The maximum atomic E-state index is 9.66. The van der Waals surface area contributed by atoms with Gasteiger partial charge in [0.05, 0.1) is 35.1 Å². The molecule has 1 aliphatic rings. The number of hydrogen-bond donors (Lipinski definition) is 0. The molecule has 0 aliphatic carbocycles. The molecule has 2 aromatic heterocycles. The number of anilines is 2. The van der Waals surface area contributed by atoms with Crippen molar-refractivity contribution in [3.8, 4) is 34.9 Å². The summed E-state index contributed by atoms with van der Waals surface area (Å²) in [5.74, 6) is 1.91. The number of aromatic nitrogens is 2. The van der Waals surface area contributed by atoms with Crippen LogP contribution in [0.25, 0.3) is 11.3 Å². The van der Waals surface area contributed by atoms with E-state index in [1.54, 1.807) is 42.5 Å². The maximum absolute atomic E-state index is 9.66. The molecule has 4 rings (SSSR count). The van der Waals surface area contributed by atoms with E-state index in [1.165, 1.54) is 6.20 Å². The van der Waals surface area contributed by atoms with E-state index in [0.717, 1.165) is 18.1 Å². The van der Waals surface area contributed by atoms with Crippen LogP contribution in [0.3, 0.4) is 0 Å². The molecule has 3 aromatic rings. The van der Waals surface area contributed by atoms with Crippen LogP contribution < -0.4 is 13.3 Å². The van der Waals surface area contributed by atoms with Gasteiger partial charge in [-0.2, -0.15) is 10.5 Å². The molecule has 0 radical (unpaired) electrons. The minimum atomic E-state index is 0.145. The monoisotopic (exact) mass is 442 g/mol. The first-order chi connectivity index (χ1) is 15.3. The Morgan fingerprint density at radius 2 is 1.81 bits per heavy atom. The molecular formula is C24H22N6OS. The van der Waals surface area contributed by atoms with Crippen LogP contribution in [0.2, 0.25) is 0 Å². The lowest BCUT2D eigenvalue weighted by atomic mass is 9.97. The molecule has 0 spiro atoms. The van der Waals surface area contributed by atoms with Gasteiger partial charge in [0.15, 0.2) is 5.82 Å². The molecule has 0 atom stereocenters. The van der Waals surface area contributed by atoms with Gasteiger partial charge in [-0.3, -0.25) is 8.61 Å². The number of nitrogens with zero attached hydrogens (tertiary/aromatic N) is 6. The molecule has 0 amide bonds. The summed E-state index contributed by atoms with van der Waals surface area (Å²) in [6.45, 7) is 7.51. The fourth-order valence-corrected chi connectivity index (χ4v) is 4.54. The molecule has 160 valence electrons. The summed E-state index contributed by atoms with van der Waals surface area (Å²) < 4.78 is 10.2. The molecule has 8 heteroatoms. The summed E-state index contributed by atoms with van der Waals surface area (Å²) in [7, 11) is 1.99. The van der Waals surface area contributed by atoms with Crippen molar-refractivity contribution in [3.63, 3.8) is 0 Å². The Morgan fingerprint density at radius 1 is 1.03 bits per heavy atom. The number of nitriles is 2. The second-order valence-electron chi connectivity index (χ2n) is 8.63.